The Morgan fingerprint density at radius 1 is 0.956 bits per heavy atom. The molecule has 0 unspecified atom stereocenters. The van der Waals surface area contributed by atoms with E-state index in [0.29, 0.717) is 25.1 Å². The van der Waals surface area contributed by atoms with Gasteiger partial charge in [0.15, 0.2) is 0 Å². The van der Waals surface area contributed by atoms with Gasteiger partial charge in [-0.3, -0.25) is 19.3 Å². The average Bonchev–Trinajstić information content (AvgIpc) is 3.54. The first kappa shape index (κ1) is 35.3. The Bertz CT molecular complexity index is 1260. The van der Waals surface area contributed by atoms with Gasteiger partial charge in [-0.15, -0.1) is 0 Å². The van der Waals surface area contributed by atoms with E-state index in [2.05, 4.69) is 44.8 Å². The fraction of sp³-hybridized carbons (Fsp3) is 0.750. The van der Waals surface area contributed by atoms with Gasteiger partial charge in [0.25, 0.3) is 0 Å². The molecule has 0 bridgehead atoms. The monoisotopic (exact) mass is 630 g/mol. The minimum Gasteiger partial charge on any atom is -0.352 e. The first-order chi connectivity index (χ1) is 20.7. The zero-order valence-electron chi connectivity index (χ0n) is 29.2. The number of nitrogens with zero attached hydrogens (tertiary/aromatic N) is 3. The molecule has 0 aromatic heterocycles. The van der Waals surface area contributed by atoms with E-state index >= 15 is 4.39 Å². The molecule has 0 spiro atoms. The van der Waals surface area contributed by atoms with Gasteiger partial charge in [-0.2, -0.15) is 0 Å². The van der Waals surface area contributed by atoms with Crippen molar-refractivity contribution in [3.8, 4) is 0 Å². The molecule has 1 aromatic carbocycles. The lowest BCUT2D eigenvalue weighted by atomic mass is 9.74. The van der Waals surface area contributed by atoms with Crippen LogP contribution in [0.3, 0.4) is 0 Å². The summed E-state index contributed by atoms with van der Waals surface area (Å²) in [5.74, 6) is -2.85. The quantitative estimate of drug-likeness (QED) is 0.412. The fourth-order valence-electron chi connectivity index (χ4n) is 7.50. The van der Waals surface area contributed by atoms with Gasteiger partial charge in [0.1, 0.15) is 17.7 Å². The maximum atomic E-state index is 15.2. The number of halogens is 2. The normalized spacial score (nSPS) is 26.4. The highest BCUT2D eigenvalue weighted by Gasteiger charge is 2.51. The number of hydrogen-bond donors (Lipinski definition) is 1. The molecular formula is C36H56F2N4O3. The zero-order chi connectivity index (χ0) is 33.6. The molecule has 1 aromatic rings. The van der Waals surface area contributed by atoms with Crippen LogP contribution in [-0.4, -0.2) is 81.8 Å². The van der Waals surface area contributed by atoms with E-state index in [4.69, 9.17) is 0 Å². The number of rotatable bonds is 6. The van der Waals surface area contributed by atoms with Crippen molar-refractivity contribution in [1.29, 1.82) is 0 Å². The van der Waals surface area contributed by atoms with Gasteiger partial charge < -0.3 is 15.1 Å². The van der Waals surface area contributed by atoms with E-state index in [0.717, 1.165) is 31.7 Å². The van der Waals surface area contributed by atoms with Crippen LogP contribution in [0.15, 0.2) is 18.2 Å². The molecule has 4 atom stereocenters. The Hall–Kier alpha value is -2.55. The van der Waals surface area contributed by atoms with Crippen molar-refractivity contribution in [2.75, 3.05) is 19.6 Å². The third kappa shape index (κ3) is 7.88. The summed E-state index contributed by atoms with van der Waals surface area (Å²) in [5.41, 5.74) is -0.369. The summed E-state index contributed by atoms with van der Waals surface area (Å²) in [7, 11) is 0. The van der Waals surface area contributed by atoms with Gasteiger partial charge >= 0.3 is 0 Å². The van der Waals surface area contributed by atoms with E-state index < -0.39 is 34.9 Å². The highest BCUT2D eigenvalue weighted by molar-refractivity contribution is 5.90. The first-order valence-electron chi connectivity index (χ1n) is 16.8. The van der Waals surface area contributed by atoms with Crippen molar-refractivity contribution in [2.24, 2.45) is 16.7 Å². The molecule has 1 N–H and O–H groups in total. The second-order valence-electron chi connectivity index (χ2n) is 16.9. The molecule has 0 radical (unpaired) electrons. The largest absolute Gasteiger partial charge is 0.352 e. The number of nitrogens with one attached hydrogen (secondary N) is 1. The van der Waals surface area contributed by atoms with Gasteiger partial charge in [-0.05, 0) is 83.8 Å². The van der Waals surface area contributed by atoms with Crippen LogP contribution in [0.2, 0.25) is 0 Å². The SMILES string of the molecule is CC(C)NC(=O)[C@@H]1C[C@H](N(C(=O)C(C)(C)C)C2CCC(C)(C)CC2)CN1C(=O)[C@@H]1CN(C(C)(C)C)C[C@H]1c1ccc(F)cc1F. The summed E-state index contributed by atoms with van der Waals surface area (Å²) in [6, 6.07) is 2.44. The number of benzene rings is 1. The zero-order valence-corrected chi connectivity index (χ0v) is 29.2. The van der Waals surface area contributed by atoms with Crippen LogP contribution >= 0.6 is 0 Å². The van der Waals surface area contributed by atoms with Crippen molar-refractivity contribution >= 4 is 17.7 Å². The number of amides is 3. The molecule has 252 valence electrons. The molecule has 9 heteroatoms. The Morgan fingerprint density at radius 2 is 1.58 bits per heavy atom. The molecule has 7 nitrogen and oxygen atoms in total. The lowest BCUT2D eigenvalue weighted by Crippen LogP contribution is -2.54. The van der Waals surface area contributed by atoms with Crippen LogP contribution in [0.1, 0.15) is 113 Å². The van der Waals surface area contributed by atoms with Crippen molar-refractivity contribution in [3.05, 3.63) is 35.4 Å². The molecule has 45 heavy (non-hydrogen) atoms. The van der Waals surface area contributed by atoms with Crippen LogP contribution in [0.25, 0.3) is 0 Å². The van der Waals surface area contributed by atoms with Crippen molar-refractivity contribution < 1.29 is 23.2 Å². The Morgan fingerprint density at radius 3 is 2.11 bits per heavy atom. The van der Waals surface area contributed by atoms with Gasteiger partial charge in [0.05, 0.1) is 12.0 Å². The molecule has 3 fully saturated rings. The van der Waals surface area contributed by atoms with E-state index in [1.807, 2.05) is 39.5 Å². The highest BCUT2D eigenvalue weighted by Crippen LogP contribution is 2.42. The molecule has 2 heterocycles. The number of carbonyl (C=O) groups excluding carboxylic acids is 3. The van der Waals surface area contributed by atoms with Gasteiger partial charge in [0.2, 0.25) is 17.7 Å². The van der Waals surface area contributed by atoms with E-state index in [9.17, 15) is 18.8 Å². The molecule has 3 amide bonds. The molecule has 4 rings (SSSR count). The predicted octanol–water partition coefficient (Wildman–Crippen LogP) is 6.12. The third-order valence-corrected chi connectivity index (χ3v) is 10.2. The van der Waals surface area contributed by atoms with E-state index in [1.165, 1.54) is 12.1 Å². The smallest absolute Gasteiger partial charge is 0.243 e. The maximum Gasteiger partial charge on any atom is 0.243 e. The molecule has 1 saturated carbocycles. The minimum atomic E-state index is -0.748. The van der Waals surface area contributed by atoms with E-state index in [1.54, 1.807) is 4.90 Å². The van der Waals surface area contributed by atoms with Crippen molar-refractivity contribution in [1.82, 2.24) is 20.0 Å². The second kappa shape index (κ2) is 12.9. The van der Waals surface area contributed by atoms with Crippen molar-refractivity contribution in [3.63, 3.8) is 0 Å². The highest BCUT2D eigenvalue weighted by atomic mass is 19.1. The standard InChI is InChI=1S/C36H56F2N4O3/c1-22(2)39-31(43)30-18-25(42(33(45)34(3,4)5)24-13-15-36(9,10)16-14-24)19-41(30)32(44)28-21-40(35(6,7)8)20-27(28)26-12-11-23(37)17-29(26)38/h11-12,17,22,24-25,27-28,30H,13-16,18-21H2,1-10H3,(H,39,43)/t25-,27-,28+,30-/m0/s1. The summed E-state index contributed by atoms with van der Waals surface area (Å²) in [6.07, 6.45) is 4.15. The molecule has 2 aliphatic heterocycles. The topological polar surface area (TPSA) is 73.0 Å². The lowest BCUT2D eigenvalue weighted by molar-refractivity contribution is -0.147. The fourth-order valence-corrected chi connectivity index (χ4v) is 7.50. The summed E-state index contributed by atoms with van der Waals surface area (Å²) in [4.78, 5) is 48.4. The van der Waals surface area contributed by atoms with Crippen molar-refractivity contribution in [2.45, 2.75) is 137 Å². The van der Waals surface area contributed by atoms with Crippen LogP contribution in [0.5, 0.6) is 0 Å². The lowest BCUT2D eigenvalue weighted by Gasteiger charge is -2.45. The molecule has 3 aliphatic rings. The molecule has 1 aliphatic carbocycles. The third-order valence-electron chi connectivity index (χ3n) is 10.2. The second-order valence-corrected chi connectivity index (χ2v) is 16.9. The van der Waals surface area contributed by atoms with Crippen LogP contribution in [0, 0.1) is 28.4 Å². The van der Waals surface area contributed by atoms with Gasteiger partial charge in [-0.25, -0.2) is 8.78 Å². The summed E-state index contributed by atoms with van der Waals surface area (Å²) in [6.45, 7) is 21.4. The number of likely N-dealkylation sites (tertiary alicyclic amines) is 2. The summed E-state index contributed by atoms with van der Waals surface area (Å²) in [5, 5.41) is 3.01. The number of hydrogen-bond acceptors (Lipinski definition) is 4. The van der Waals surface area contributed by atoms with Crippen LogP contribution in [0.4, 0.5) is 8.78 Å². The van der Waals surface area contributed by atoms with Crippen LogP contribution in [-0.2, 0) is 14.4 Å². The van der Waals surface area contributed by atoms with Crippen LogP contribution < -0.4 is 5.32 Å². The minimum absolute atomic E-state index is 0.0422. The van der Waals surface area contributed by atoms with E-state index in [-0.39, 0.29) is 53.3 Å². The average molecular weight is 631 g/mol. The van der Waals surface area contributed by atoms with Gasteiger partial charge in [0, 0.05) is 54.7 Å². The first-order valence-corrected chi connectivity index (χ1v) is 16.8. The Balaban J connectivity index is 1.72. The number of carbonyl (C=O) groups is 3. The Labute approximate surface area is 269 Å². The molecular weight excluding hydrogens is 574 g/mol. The summed E-state index contributed by atoms with van der Waals surface area (Å²) >= 11 is 0. The Kier molecular flexibility index (Phi) is 10.1. The maximum absolute atomic E-state index is 15.2. The summed E-state index contributed by atoms with van der Waals surface area (Å²) < 4.78 is 29.1. The van der Waals surface area contributed by atoms with Gasteiger partial charge in [-0.1, -0.05) is 40.7 Å². The molecule has 2 saturated heterocycles. The predicted molar refractivity (Wildman–Crippen MR) is 173 cm³/mol.